The molecule has 0 aliphatic carbocycles. The molecule has 136 valence electrons. The lowest BCUT2D eigenvalue weighted by Crippen LogP contribution is -2.14. The van der Waals surface area contributed by atoms with Crippen LogP contribution in [0.4, 0.5) is 5.69 Å². The smallest absolute Gasteiger partial charge is 0.226 e. The predicted molar refractivity (Wildman–Crippen MR) is 105 cm³/mol. The van der Waals surface area contributed by atoms with Crippen LogP contribution in [0.1, 0.15) is 17.5 Å². The molecule has 6 nitrogen and oxygen atoms in total. The van der Waals surface area contributed by atoms with Crippen molar-refractivity contribution in [2.24, 2.45) is 0 Å². The van der Waals surface area contributed by atoms with E-state index in [1.54, 1.807) is 6.20 Å². The van der Waals surface area contributed by atoms with Crippen molar-refractivity contribution in [3.8, 4) is 0 Å². The Labute approximate surface area is 157 Å². The Morgan fingerprint density at radius 2 is 1.89 bits per heavy atom. The molecule has 0 radical (unpaired) electrons. The number of hydrogen-bond acceptors (Lipinski definition) is 3. The molecular weight excluding hydrogens is 338 g/mol. The molecule has 27 heavy (non-hydrogen) atoms. The summed E-state index contributed by atoms with van der Waals surface area (Å²) >= 11 is 0. The van der Waals surface area contributed by atoms with E-state index in [9.17, 15) is 4.79 Å². The number of benzene rings is 2. The number of hydrogen-bond donors (Lipinski definition) is 1. The van der Waals surface area contributed by atoms with Gasteiger partial charge in [-0.15, -0.1) is 0 Å². The molecule has 1 amide bonds. The Morgan fingerprint density at radius 1 is 1.04 bits per heavy atom. The average molecular weight is 359 g/mol. The number of aromatic nitrogens is 4. The van der Waals surface area contributed by atoms with Gasteiger partial charge in [0.15, 0.2) is 0 Å². The molecule has 0 bridgehead atoms. The molecular formula is C21H21N5O. The third-order valence-corrected chi connectivity index (χ3v) is 4.56. The molecule has 6 heteroatoms. The largest absolute Gasteiger partial charge is 0.323 e. The van der Waals surface area contributed by atoms with E-state index in [0.717, 1.165) is 10.9 Å². The first-order valence-corrected chi connectivity index (χ1v) is 8.96. The van der Waals surface area contributed by atoms with Gasteiger partial charge < -0.3 is 5.32 Å². The summed E-state index contributed by atoms with van der Waals surface area (Å²) in [6, 6.07) is 16.2. The second-order valence-corrected chi connectivity index (χ2v) is 6.59. The van der Waals surface area contributed by atoms with Crippen molar-refractivity contribution >= 4 is 22.5 Å². The summed E-state index contributed by atoms with van der Waals surface area (Å²) in [5, 5.41) is 12.7. The van der Waals surface area contributed by atoms with Crippen molar-refractivity contribution < 1.29 is 4.79 Å². The maximum absolute atomic E-state index is 12.3. The van der Waals surface area contributed by atoms with Crippen molar-refractivity contribution in [2.75, 3.05) is 5.32 Å². The summed E-state index contributed by atoms with van der Waals surface area (Å²) in [6.07, 6.45) is 5.73. The van der Waals surface area contributed by atoms with Gasteiger partial charge in [0.25, 0.3) is 0 Å². The predicted octanol–water partition coefficient (Wildman–Crippen LogP) is 3.62. The second kappa shape index (κ2) is 7.45. The van der Waals surface area contributed by atoms with Gasteiger partial charge in [-0.05, 0) is 24.1 Å². The maximum atomic E-state index is 12.3. The summed E-state index contributed by atoms with van der Waals surface area (Å²) < 4.78 is 3.69. The molecule has 0 atom stereocenters. The zero-order valence-electron chi connectivity index (χ0n) is 15.2. The van der Waals surface area contributed by atoms with Crippen LogP contribution in [0, 0.1) is 6.92 Å². The molecule has 0 saturated heterocycles. The monoisotopic (exact) mass is 359 g/mol. The van der Waals surface area contributed by atoms with Gasteiger partial charge in [0.2, 0.25) is 5.91 Å². The number of anilines is 1. The summed E-state index contributed by atoms with van der Waals surface area (Å²) in [5.41, 5.74) is 4.11. The van der Waals surface area contributed by atoms with Crippen molar-refractivity contribution in [1.29, 1.82) is 0 Å². The van der Waals surface area contributed by atoms with Gasteiger partial charge in [-0.1, -0.05) is 42.5 Å². The fourth-order valence-electron chi connectivity index (χ4n) is 3.14. The van der Waals surface area contributed by atoms with Crippen molar-refractivity contribution in [1.82, 2.24) is 19.6 Å². The fraction of sp³-hybridized carbons (Fsp3) is 0.190. The molecule has 0 spiro atoms. The zero-order valence-corrected chi connectivity index (χ0v) is 15.2. The number of amides is 1. The Morgan fingerprint density at radius 3 is 2.74 bits per heavy atom. The van der Waals surface area contributed by atoms with Crippen molar-refractivity contribution in [2.45, 2.75) is 26.4 Å². The quantitative estimate of drug-likeness (QED) is 0.572. The first-order chi connectivity index (χ1) is 13.2. The molecule has 0 saturated carbocycles. The highest BCUT2D eigenvalue weighted by Crippen LogP contribution is 2.18. The highest BCUT2D eigenvalue weighted by molar-refractivity contribution is 5.90. The first kappa shape index (κ1) is 17.0. The van der Waals surface area contributed by atoms with Gasteiger partial charge in [0.1, 0.15) is 0 Å². The van der Waals surface area contributed by atoms with Crippen LogP contribution in [0.25, 0.3) is 10.9 Å². The van der Waals surface area contributed by atoms with E-state index in [-0.39, 0.29) is 5.91 Å². The lowest BCUT2D eigenvalue weighted by Gasteiger charge is -2.05. The lowest BCUT2D eigenvalue weighted by atomic mass is 10.1. The number of aryl methyl sites for hydroxylation is 2. The summed E-state index contributed by atoms with van der Waals surface area (Å²) in [7, 11) is 0. The Balaban J connectivity index is 1.35. The van der Waals surface area contributed by atoms with Crippen LogP contribution in [0.15, 0.2) is 67.1 Å². The lowest BCUT2D eigenvalue weighted by molar-refractivity contribution is -0.116. The third kappa shape index (κ3) is 3.89. The van der Waals surface area contributed by atoms with E-state index in [0.29, 0.717) is 25.2 Å². The SMILES string of the molecule is Cc1cccc2c1cnn2CCC(=O)Nc1cnn(Cc2ccccc2)c1. The summed E-state index contributed by atoms with van der Waals surface area (Å²) in [5.74, 6) is -0.0504. The molecule has 1 N–H and O–H groups in total. The molecule has 0 aliphatic heterocycles. The van der Waals surface area contributed by atoms with Crippen LogP contribution in [-0.4, -0.2) is 25.5 Å². The van der Waals surface area contributed by atoms with Gasteiger partial charge in [-0.25, -0.2) is 0 Å². The first-order valence-electron chi connectivity index (χ1n) is 8.96. The summed E-state index contributed by atoms with van der Waals surface area (Å²) in [4.78, 5) is 12.3. The number of fused-ring (bicyclic) bond motifs is 1. The Bertz CT molecular complexity index is 1060. The van der Waals surface area contributed by atoms with Gasteiger partial charge in [0.05, 0.1) is 36.7 Å². The molecule has 0 fully saturated rings. The van der Waals surface area contributed by atoms with E-state index < -0.39 is 0 Å². The Hall–Kier alpha value is -3.41. The molecule has 4 aromatic rings. The maximum Gasteiger partial charge on any atom is 0.226 e. The molecule has 0 aliphatic rings. The van der Waals surface area contributed by atoms with Crippen LogP contribution in [0.3, 0.4) is 0 Å². The molecule has 2 heterocycles. The zero-order chi connectivity index (χ0) is 18.6. The molecule has 2 aromatic carbocycles. The highest BCUT2D eigenvalue weighted by Gasteiger charge is 2.08. The van der Waals surface area contributed by atoms with Gasteiger partial charge >= 0.3 is 0 Å². The minimum atomic E-state index is -0.0504. The van der Waals surface area contributed by atoms with E-state index >= 15 is 0 Å². The fourth-order valence-corrected chi connectivity index (χ4v) is 3.14. The van der Waals surface area contributed by atoms with Gasteiger partial charge in [0, 0.05) is 18.0 Å². The molecule has 0 unspecified atom stereocenters. The third-order valence-electron chi connectivity index (χ3n) is 4.56. The minimum absolute atomic E-state index is 0.0504. The van der Waals surface area contributed by atoms with Crippen LogP contribution >= 0.6 is 0 Å². The van der Waals surface area contributed by atoms with E-state index in [2.05, 4.69) is 40.6 Å². The van der Waals surface area contributed by atoms with E-state index in [1.807, 2.05) is 52.1 Å². The standard InChI is InChI=1S/C21H21N5O/c1-16-6-5-9-20-19(16)13-23-26(20)11-10-21(27)24-18-12-22-25(15-18)14-17-7-3-2-4-8-17/h2-9,12-13,15H,10-11,14H2,1H3,(H,24,27). The molecule has 2 aromatic heterocycles. The van der Waals surface area contributed by atoms with E-state index in [4.69, 9.17) is 0 Å². The minimum Gasteiger partial charge on any atom is -0.323 e. The number of nitrogens with zero attached hydrogens (tertiary/aromatic N) is 4. The Kier molecular flexibility index (Phi) is 4.70. The normalized spacial score (nSPS) is 11.0. The summed E-state index contributed by atoms with van der Waals surface area (Å²) in [6.45, 7) is 3.28. The van der Waals surface area contributed by atoms with Gasteiger partial charge in [-0.2, -0.15) is 10.2 Å². The second-order valence-electron chi connectivity index (χ2n) is 6.59. The topological polar surface area (TPSA) is 64.7 Å². The van der Waals surface area contributed by atoms with Crippen LogP contribution in [-0.2, 0) is 17.9 Å². The average Bonchev–Trinajstić information content (AvgIpc) is 3.28. The highest BCUT2D eigenvalue weighted by atomic mass is 16.1. The number of carbonyl (C=O) groups excluding carboxylic acids is 1. The molecule has 4 rings (SSSR count). The number of nitrogens with one attached hydrogen (secondary N) is 1. The number of rotatable bonds is 6. The number of carbonyl (C=O) groups is 1. The van der Waals surface area contributed by atoms with Gasteiger partial charge in [-0.3, -0.25) is 14.2 Å². The van der Waals surface area contributed by atoms with Crippen molar-refractivity contribution in [3.63, 3.8) is 0 Å². The van der Waals surface area contributed by atoms with Crippen LogP contribution < -0.4 is 5.32 Å². The van der Waals surface area contributed by atoms with Crippen LogP contribution in [0.5, 0.6) is 0 Å². The van der Waals surface area contributed by atoms with E-state index in [1.165, 1.54) is 11.1 Å². The van der Waals surface area contributed by atoms with Crippen LogP contribution in [0.2, 0.25) is 0 Å². The van der Waals surface area contributed by atoms with Crippen molar-refractivity contribution in [3.05, 3.63) is 78.2 Å².